The number of nitrogens with zero attached hydrogens (tertiary/aromatic N) is 1. The minimum absolute atomic E-state index is 0.203. The second kappa shape index (κ2) is 4.06. The highest BCUT2D eigenvalue weighted by atomic mass is 16.5. The second-order valence-corrected chi connectivity index (χ2v) is 4.89. The van der Waals surface area contributed by atoms with Gasteiger partial charge in [-0.3, -0.25) is 4.79 Å². The van der Waals surface area contributed by atoms with Crippen LogP contribution in [0.5, 0.6) is 5.75 Å². The maximum Gasteiger partial charge on any atom is 0.254 e. The highest BCUT2D eigenvalue weighted by molar-refractivity contribution is 5.98. The summed E-state index contributed by atoms with van der Waals surface area (Å²) in [5.41, 5.74) is 1.97. The standard InChI is InChI=1S/C14H17NO2/c1-17-12-6-7-13-10(8-12)9-15(14(13)16)11-4-2-3-5-11/h6-8,11H,2-5,9H2,1H3. The van der Waals surface area contributed by atoms with Crippen molar-refractivity contribution in [3.05, 3.63) is 29.3 Å². The molecule has 0 atom stereocenters. The zero-order valence-electron chi connectivity index (χ0n) is 10.1. The smallest absolute Gasteiger partial charge is 0.254 e. The van der Waals surface area contributed by atoms with Crippen molar-refractivity contribution in [2.75, 3.05) is 7.11 Å². The Bertz CT molecular complexity index is 450. The highest BCUT2D eigenvalue weighted by Gasteiger charge is 2.33. The van der Waals surface area contributed by atoms with Gasteiger partial charge in [0, 0.05) is 18.2 Å². The van der Waals surface area contributed by atoms with Crippen LogP contribution in [0.1, 0.15) is 41.6 Å². The number of carbonyl (C=O) groups is 1. The Morgan fingerprint density at radius 3 is 2.76 bits per heavy atom. The summed E-state index contributed by atoms with van der Waals surface area (Å²) >= 11 is 0. The largest absolute Gasteiger partial charge is 0.497 e. The Morgan fingerprint density at radius 1 is 1.29 bits per heavy atom. The van der Waals surface area contributed by atoms with Crippen LogP contribution in [0.3, 0.4) is 0 Å². The lowest BCUT2D eigenvalue weighted by Gasteiger charge is -2.23. The number of hydrogen-bond donors (Lipinski definition) is 0. The predicted molar refractivity (Wildman–Crippen MR) is 65.1 cm³/mol. The first kappa shape index (κ1) is 10.6. The summed E-state index contributed by atoms with van der Waals surface area (Å²) in [5, 5.41) is 0. The van der Waals surface area contributed by atoms with E-state index in [0.29, 0.717) is 6.04 Å². The van der Waals surface area contributed by atoms with E-state index in [1.54, 1.807) is 7.11 Å². The van der Waals surface area contributed by atoms with E-state index in [4.69, 9.17) is 4.74 Å². The number of methoxy groups -OCH3 is 1. The minimum atomic E-state index is 0.203. The zero-order valence-corrected chi connectivity index (χ0v) is 10.1. The Kier molecular flexibility index (Phi) is 2.54. The third kappa shape index (κ3) is 1.70. The van der Waals surface area contributed by atoms with Gasteiger partial charge >= 0.3 is 0 Å². The number of fused-ring (bicyclic) bond motifs is 1. The molecule has 3 nitrogen and oxygen atoms in total. The minimum Gasteiger partial charge on any atom is -0.497 e. The quantitative estimate of drug-likeness (QED) is 0.783. The van der Waals surface area contributed by atoms with Gasteiger partial charge in [0.05, 0.1) is 7.11 Å². The van der Waals surface area contributed by atoms with Crippen LogP contribution in [0.4, 0.5) is 0 Å². The van der Waals surface area contributed by atoms with Crippen molar-refractivity contribution in [3.63, 3.8) is 0 Å². The number of amides is 1. The molecule has 0 radical (unpaired) electrons. The number of benzene rings is 1. The topological polar surface area (TPSA) is 29.5 Å². The summed E-state index contributed by atoms with van der Waals surface area (Å²) < 4.78 is 5.21. The summed E-state index contributed by atoms with van der Waals surface area (Å²) in [5.74, 6) is 1.04. The molecule has 1 heterocycles. The lowest BCUT2D eigenvalue weighted by molar-refractivity contribution is 0.0707. The van der Waals surface area contributed by atoms with Crippen molar-refractivity contribution < 1.29 is 9.53 Å². The third-order valence-electron chi connectivity index (χ3n) is 3.91. The Labute approximate surface area is 101 Å². The first-order valence-corrected chi connectivity index (χ1v) is 6.27. The van der Waals surface area contributed by atoms with Gasteiger partial charge in [0.15, 0.2) is 0 Å². The summed E-state index contributed by atoms with van der Waals surface area (Å²) in [6, 6.07) is 6.21. The van der Waals surface area contributed by atoms with Gasteiger partial charge in [0.2, 0.25) is 0 Å². The molecule has 17 heavy (non-hydrogen) atoms. The molecule has 90 valence electrons. The molecule has 0 aromatic heterocycles. The van der Waals surface area contributed by atoms with E-state index in [9.17, 15) is 4.79 Å². The molecular formula is C14H17NO2. The zero-order chi connectivity index (χ0) is 11.8. The molecule has 0 saturated heterocycles. The molecule has 0 spiro atoms. The van der Waals surface area contributed by atoms with Crippen LogP contribution in [0, 0.1) is 0 Å². The van der Waals surface area contributed by atoms with Gasteiger partial charge < -0.3 is 9.64 Å². The molecule has 0 bridgehead atoms. The Hall–Kier alpha value is -1.51. The molecule has 2 aliphatic rings. The van der Waals surface area contributed by atoms with Crippen molar-refractivity contribution in [2.45, 2.75) is 38.3 Å². The summed E-state index contributed by atoms with van der Waals surface area (Å²) in [4.78, 5) is 14.3. The normalized spacial score (nSPS) is 19.8. The molecule has 0 N–H and O–H groups in total. The summed E-state index contributed by atoms with van der Waals surface area (Å²) in [6.07, 6.45) is 4.84. The van der Waals surface area contributed by atoms with E-state index in [-0.39, 0.29) is 5.91 Å². The van der Waals surface area contributed by atoms with Gasteiger partial charge in [-0.1, -0.05) is 12.8 Å². The van der Waals surface area contributed by atoms with Crippen molar-refractivity contribution in [2.24, 2.45) is 0 Å². The Balaban J connectivity index is 1.88. The fourth-order valence-corrected chi connectivity index (χ4v) is 2.96. The predicted octanol–water partition coefficient (Wildman–Crippen LogP) is 2.59. The molecule has 1 aliphatic carbocycles. The molecule has 1 aromatic rings. The van der Waals surface area contributed by atoms with Gasteiger partial charge in [-0.2, -0.15) is 0 Å². The molecular weight excluding hydrogens is 214 g/mol. The molecule has 3 heteroatoms. The van der Waals surface area contributed by atoms with Crippen molar-refractivity contribution in [1.29, 1.82) is 0 Å². The average Bonchev–Trinajstić information content (AvgIpc) is 2.97. The van der Waals surface area contributed by atoms with Crippen molar-refractivity contribution in [1.82, 2.24) is 4.90 Å². The molecule has 0 unspecified atom stereocenters. The van der Waals surface area contributed by atoms with E-state index < -0.39 is 0 Å². The first-order chi connectivity index (χ1) is 8.29. The van der Waals surface area contributed by atoms with E-state index in [0.717, 1.165) is 36.3 Å². The summed E-state index contributed by atoms with van der Waals surface area (Å²) in [7, 11) is 1.66. The average molecular weight is 231 g/mol. The fourth-order valence-electron chi connectivity index (χ4n) is 2.96. The van der Waals surface area contributed by atoms with Crippen LogP contribution in [-0.2, 0) is 6.54 Å². The van der Waals surface area contributed by atoms with E-state index >= 15 is 0 Å². The number of rotatable bonds is 2. The lowest BCUT2D eigenvalue weighted by atomic mass is 10.1. The molecule has 1 fully saturated rings. The van der Waals surface area contributed by atoms with Crippen LogP contribution < -0.4 is 4.74 Å². The maximum absolute atomic E-state index is 12.3. The van der Waals surface area contributed by atoms with Gasteiger partial charge in [-0.15, -0.1) is 0 Å². The van der Waals surface area contributed by atoms with Crippen LogP contribution in [-0.4, -0.2) is 24.0 Å². The molecule has 1 amide bonds. The van der Waals surface area contributed by atoms with Crippen LogP contribution in [0.2, 0.25) is 0 Å². The van der Waals surface area contributed by atoms with E-state index in [1.165, 1.54) is 12.8 Å². The monoisotopic (exact) mass is 231 g/mol. The van der Waals surface area contributed by atoms with Crippen molar-refractivity contribution >= 4 is 5.91 Å². The van der Waals surface area contributed by atoms with Crippen LogP contribution in [0.25, 0.3) is 0 Å². The number of carbonyl (C=O) groups excluding carboxylic acids is 1. The SMILES string of the molecule is COc1ccc2c(c1)CN(C1CCCC1)C2=O. The van der Waals surface area contributed by atoms with Crippen LogP contribution in [0.15, 0.2) is 18.2 Å². The second-order valence-electron chi connectivity index (χ2n) is 4.89. The summed E-state index contributed by atoms with van der Waals surface area (Å²) in [6.45, 7) is 0.760. The van der Waals surface area contributed by atoms with E-state index in [1.807, 2.05) is 23.1 Å². The van der Waals surface area contributed by atoms with Crippen LogP contribution >= 0.6 is 0 Å². The molecule has 3 rings (SSSR count). The molecule has 1 aromatic carbocycles. The Morgan fingerprint density at radius 2 is 2.06 bits per heavy atom. The third-order valence-corrected chi connectivity index (χ3v) is 3.91. The van der Waals surface area contributed by atoms with Crippen molar-refractivity contribution in [3.8, 4) is 5.75 Å². The molecule has 1 aliphatic heterocycles. The fraction of sp³-hybridized carbons (Fsp3) is 0.500. The maximum atomic E-state index is 12.3. The number of ether oxygens (including phenoxy) is 1. The van der Waals surface area contributed by atoms with Gasteiger partial charge in [0.25, 0.3) is 5.91 Å². The highest BCUT2D eigenvalue weighted by Crippen LogP contribution is 2.33. The molecule has 1 saturated carbocycles. The van der Waals surface area contributed by atoms with E-state index in [2.05, 4.69) is 0 Å². The first-order valence-electron chi connectivity index (χ1n) is 6.27. The van der Waals surface area contributed by atoms with Gasteiger partial charge in [0.1, 0.15) is 5.75 Å². The van der Waals surface area contributed by atoms with Gasteiger partial charge in [-0.25, -0.2) is 0 Å². The lowest BCUT2D eigenvalue weighted by Crippen LogP contribution is -2.33. The van der Waals surface area contributed by atoms with Gasteiger partial charge in [-0.05, 0) is 36.6 Å². The number of hydrogen-bond acceptors (Lipinski definition) is 2.